The molecule has 0 aliphatic rings. The van der Waals surface area contributed by atoms with Crippen LogP contribution in [0.15, 0.2) is 51.1 Å². The summed E-state index contributed by atoms with van der Waals surface area (Å²) in [6.45, 7) is 6.30. The molecule has 13 nitrogen and oxygen atoms in total. The number of carbonyl (C=O) groups is 2. The third kappa shape index (κ3) is 6.16. The van der Waals surface area contributed by atoms with E-state index in [1.54, 1.807) is 0 Å². The van der Waals surface area contributed by atoms with Crippen molar-refractivity contribution in [3.05, 3.63) is 61.1 Å². The number of nitro benzene ring substituents is 2. The van der Waals surface area contributed by atoms with Crippen LogP contribution in [0.25, 0.3) is 0 Å². The molecule has 0 fully saturated rings. The van der Waals surface area contributed by atoms with Crippen LogP contribution < -0.4 is 15.4 Å². The van der Waals surface area contributed by atoms with Gasteiger partial charge in [0.25, 0.3) is 11.6 Å². The average molecular weight is 521 g/mol. The summed E-state index contributed by atoms with van der Waals surface area (Å²) < 4.78 is 5.22. The third-order valence-corrected chi connectivity index (χ3v) is 4.56. The molecule has 0 unspecified atom stereocenters. The molecule has 14 heteroatoms. The van der Waals surface area contributed by atoms with Gasteiger partial charge in [0, 0.05) is 24.6 Å². The Morgan fingerprint density at radius 2 is 1.70 bits per heavy atom. The van der Waals surface area contributed by atoms with E-state index >= 15 is 0 Å². The molecule has 0 aromatic heterocycles. The number of methoxy groups -OCH3 is 1. The van der Waals surface area contributed by atoms with Gasteiger partial charge in [0.1, 0.15) is 11.4 Å². The van der Waals surface area contributed by atoms with Crippen LogP contribution in [0.1, 0.15) is 13.8 Å². The minimum atomic E-state index is -0.836. The van der Waals surface area contributed by atoms with Crippen LogP contribution in [0.2, 0.25) is 0 Å². The summed E-state index contributed by atoms with van der Waals surface area (Å²) in [5.74, 6) is -0.789. The molecule has 0 aliphatic heterocycles. The molecule has 0 saturated heterocycles. The number of benzene rings is 2. The number of nitrogens with one attached hydrogen (secondary N) is 2. The monoisotopic (exact) mass is 520 g/mol. The fourth-order valence-electron chi connectivity index (χ4n) is 2.46. The van der Waals surface area contributed by atoms with E-state index in [4.69, 9.17) is 4.74 Å². The Kier molecular flexibility index (Phi) is 7.90. The molecule has 2 aromatic rings. The number of halogens is 1. The summed E-state index contributed by atoms with van der Waals surface area (Å²) in [6.07, 6.45) is 0. The Hall–Kier alpha value is -4.20. The molecule has 0 spiro atoms. The number of azo groups is 1. The summed E-state index contributed by atoms with van der Waals surface area (Å²) in [6, 6.07) is 4.51. The van der Waals surface area contributed by atoms with Crippen LogP contribution in [-0.2, 0) is 9.59 Å². The Labute approximate surface area is 195 Å². The van der Waals surface area contributed by atoms with Crippen molar-refractivity contribution in [2.24, 2.45) is 10.2 Å². The van der Waals surface area contributed by atoms with Gasteiger partial charge in [-0.3, -0.25) is 29.8 Å². The van der Waals surface area contributed by atoms with Gasteiger partial charge < -0.3 is 15.4 Å². The van der Waals surface area contributed by atoms with E-state index in [1.807, 2.05) is 0 Å². The summed E-state index contributed by atoms with van der Waals surface area (Å²) in [4.78, 5) is 44.5. The molecule has 2 aromatic carbocycles. The third-order valence-electron chi connectivity index (χ3n) is 3.96. The zero-order valence-corrected chi connectivity index (χ0v) is 19.1. The minimum absolute atomic E-state index is 0.0365. The van der Waals surface area contributed by atoms with Crippen LogP contribution >= 0.6 is 15.9 Å². The molecule has 2 rings (SSSR count). The van der Waals surface area contributed by atoms with E-state index in [-0.39, 0.29) is 38.5 Å². The number of hydrogen-bond donors (Lipinski definition) is 2. The molecule has 0 heterocycles. The smallest absolute Gasteiger partial charge is 0.304 e. The summed E-state index contributed by atoms with van der Waals surface area (Å²) in [7, 11) is 1.34. The van der Waals surface area contributed by atoms with Crippen molar-refractivity contribution in [2.75, 3.05) is 17.7 Å². The first-order valence-corrected chi connectivity index (χ1v) is 9.74. The van der Waals surface area contributed by atoms with Crippen molar-refractivity contribution >= 4 is 61.9 Å². The zero-order valence-electron chi connectivity index (χ0n) is 17.5. The van der Waals surface area contributed by atoms with E-state index in [0.717, 1.165) is 12.1 Å². The molecule has 0 aliphatic carbocycles. The predicted molar refractivity (Wildman–Crippen MR) is 122 cm³/mol. The SMILES string of the molecule is C=C(C)C(=O)Nc1cc(NC(C)=O)c(N=Nc2c(Br)cc([N+](=O)[O-])cc2[N+](=O)[O-])cc1OC. The molecule has 0 bridgehead atoms. The second kappa shape index (κ2) is 10.4. The van der Waals surface area contributed by atoms with Crippen LogP contribution in [0.5, 0.6) is 5.75 Å². The number of amides is 2. The Morgan fingerprint density at radius 1 is 1.03 bits per heavy atom. The van der Waals surface area contributed by atoms with Crippen molar-refractivity contribution in [3.8, 4) is 5.75 Å². The molecule has 0 radical (unpaired) electrons. The highest BCUT2D eigenvalue weighted by atomic mass is 79.9. The van der Waals surface area contributed by atoms with Gasteiger partial charge in [-0.1, -0.05) is 6.58 Å². The Balaban J connectivity index is 2.63. The predicted octanol–water partition coefficient (Wildman–Crippen LogP) is 5.16. The van der Waals surface area contributed by atoms with Gasteiger partial charge in [0.05, 0.1) is 38.9 Å². The number of nitro groups is 2. The second-order valence-electron chi connectivity index (χ2n) is 6.49. The van der Waals surface area contributed by atoms with E-state index in [0.29, 0.717) is 0 Å². The quantitative estimate of drug-likeness (QED) is 0.208. The van der Waals surface area contributed by atoms with E-state index in [2.05, 4.69) is 43.4 Å². The van der Waals surface area contributed by atoms with Crippen molar-refractivity contribution < 1.29 is 24.2 Å². The fraction of sp³-hybridized carbons (Fsp3) is 0.158. The van der Waals surface area contributed by atoms with Gasteiger partial charge >= 0.3 is 5.69 Å². The first kappa shape index (κ1) is 25.1. The van der Waals surface area contributed by atoms with Crippen LogP contribution in [-0.4, -0.2) is 28.8 Å². The number of ether oxygens (including phenoxy) is 1. The topological polar surface area (TPSA) is 178 Å². The molecular formula is C19H17BrN6O7. The van der Waals surface area contributed by atoms with Crippen LogP contribution in [0.4, 0.5) is 34.1 Å². The highest BCUT2D eigenvalue weighted by molar-refractivity contribution is 9.10. The lowest BCUT2D eigenvalue weighted by atomic mass is 10.2. The van der Waals surface area contributed by atoms with Crippen molar-refractivity contribution in [1.82, 2.24) is 0 Å². The second-order valence-corrected chi connectivity index (χ2v) is 7.35. The van der Waals surface area contributed by atoms with Gasteiger partial charge in [0.2, 0.25) is 5.91 Å². The lowest BCUT2D eigenvalue weighted by Gasteiger charge is -2.14. The van der Waals surface area contributed by atoms with E-state index in [9.17, 15) is 29.8 Å². The first-order valence-electron chi connectivity index (χ1n) is 8.95. The zero-order chi connectivity index (χ0) is 24.9. The van der Waals surface area contributed by atoms with Gasteiger partial charge in [-0.25, -0.2) is 0 Å². The van der Waals surface area contributed by atoms with E-state index < -0.39 is 33.0 Å². The largest absolute Gasteiger partial charge is 0.494 e. The standard InChI is InChI=1S/C19H17BrN6O7/c1-9(2)19(28)22-15-7-13(21-10(3)27)14(8-17(15)33-4)23-24-18-12(20)5-11(25(29)30)6-16(18)26(31)32/h5-8H,1H2,2-4H3,(H,21,27)(H,22,28). The number of rotatable bonds is 8. The highest BCUT2D eigenvalue weighted by Gasteiger charge is 2.24. The molecular weight excluding hydrogens is 504 g/mol. The molecule has 2 N–H and O–H groups in total. The fourth-order valence-corrected chi connectivity index (χ4v) is 2.97. The van der Waals surface area contributed by atoms with Crippen molar-refractivity contribution in [2.45, 2.75) is 13.8 Å². The van der Waals surface area contributed by atoms with Crippen molar-refractivity contribution in [3.63, 3.8) is 0 Å². The summed E-state index contributed by atoms with van der Waals surface area (Å²) >= 11 is 3.03. The molecule has 0 atom stereocenters. The molecule has 0 saturated carbocycles. The number of hydrogen-bond acceptors (Lipinski definition) is 9. The summed E-state index contributed by atoms with van der Waals surface area (Å²) in [5, 5.41) is 35.4. The maximum atomic E-state index is 12.0. The lowest BCUT2D eigenvalue weighted by Crippen LogP contribution is -2.13. The van der Waals surface area contributed by atoms with E-state index in [1.165, 1.54) is 33.1 Å². The number of carbonyl (C=O) groups excluding carboxylic acids is 2. The van der Waals surface area contributed by atoms with Gasteiger partial charge in [-0.05, 0) is 28.9 Å². The number of anilines is 2. The van der Waals surface area contributed by atoms with Gasteiger partial charge in [-0.15, -0.1) is 10.2 Å². The highest BCUT2D eigenvalue weighted by Crippen LogP contribution is 2.42. The van der Waals surface area contributed by atoms with Crippen LogP contribution in [0, 0.1) is 20.2 Å². The average Bonchev–Trinajstić information content (AvgIpc) is 2.72. The minimum Gasteiger partial charge on any atom is -0.494 e. The number of nitrogens with zero attached hydrogens (tertiary/aromatic N) is 4. The Morgan fingerprint density at radius 3 is 2.21 bits per heavy atom. The van der Waals surface area contributed by atoms with Gasteiger partial charge in [0.15, 0.2) is 5.69 Å². The molecule has 172 valence electrons. The molecule has 2 amide bonds. The Bertz CT molecular complexity index is 1210. The lowest BCUT2D eigenvalue weighted by molar-refractivity contribution is -0.393. The summed E-state index contributed by atoms with van der Waals surface area (Å²) in [5.41, 5.74) is -0.852. The maximum absolute atomic E-state index is 12.0. The maximum Gasteiger partial charge on any atom is 0.304 e. The normalized spacial score (nSPS) is 10.5. The van der Waals surface area contributed by atoms with Gasteiger partial charge in [-0.2, -0.15) is 0 Å². The molecule has 33 heavy (non-hydrogen) atoms. The number of non-ortho nitro benzene ring substituents is 1. The van der Waals surface area contributed by atoms with Crippen LogP contribution in [0.3, 0.4) is 0 Å². The van der Waals surface area contributed by atoms with Crippen molar-refractivity contribution in [1.29, 1.82) is 0 Å². The first-order chi connectivity index (χ1) is 15.4.